The van der Waals surface area contributed by atoms with Gasteiger partial charge in [0, 0.05) is 6.54 Å². The molecule has 0 amide bonds. The molecular weight excluding hydrogens is 122 g/mol. The Morgan fingerprint density at radius 2 is 2.50 bits per heavy atom. The second kappa shape index (κ2) is 4.14. The molecule has 1 heteroatoms. The van der Waals surface area contributed by atoms with Crippen LogP contribution in [-0.4, -0.2) is 13.1 Å². The molecule has 0 aromatic heterocycles. The Bertz CT molecular complexity index is 173. The lowest BCUT2D eigenvalue weighted by Gasteiger charge is -2.13. The molecule has 1 aliphatic rings. The number of hydrogen-bond acceptors (Lipinski definition) is 1. The van der Waals surface area contributed by atoms with E-state index in [-0.39, 0.29) is 0 Å². The van der Waals surface area contributed by atoms with Gasteiger partial charge < -0.3 is 5.32 Å². The summed E-state index contributed by atoms with van der Waals surface area (Å²) < 4.78 is 0. The van der Waals surface area contributed by atoms with Gasteiger partial charge in [-0.1, -0.05) is 5.92 Å². The van der Waals surface area contributed by atoms with Crippen molar-refractivity contribution >= 4 is 0 Å². The predicted molar refractivity (Wildman–Crippen MR) is 43.6 cm³/mol. The maximum absolute atomic E-state index is 3.31. The average molecular weight is 135 g/mol. The number of allylic oxidation sites excluding steroid dienone is 1. The standard InChI is InChI=1S/C9H13N/c1-2-3-5-9-6-4-7-10-8-9/h5,10H,4,6-8H2,1H3/b9-5-. The fraction of sp³-hybridized carbons (Fsp3) is 0.556. The van der Waals surface area contributed by atoms with E-state index in [4.69, 9.17) is 0 Å². The van der Waals surface area contributed by atoms with E-state index in [9.17, 15) is 0 Å². The Kier molecular flexibility index (Phi) is 3.05. The van der Waals surface area contributed by atoms with Crippen molar-refractivity contribution in [3.05, 3.63) is 11.6 Å². The van der Waals surface area contributed by atoms with Gasteiger partial charge in [-0.3, -0.25) is 0 Å². The van der Waals surface area contributed by atoms with Crippen molar-refractivity contribution in [3.63, 3.8) is 0 Å². The minimum atomic E-state index is 1.04. The first kappa shape index (κ1) is 7.37. The molecule has 0 aromatic carbocycles. The first-order chi connectivity index (χ1) is 4.93. The van der Waals surface area contributed by atoms with Crippen LogP contribution in [0.25, 0.3) is 0 Å². The minimum absolute atomic E-state index is 1.04. The molecular formula is C9H13N. The van der Waals surface area contributed by atoms with Gasteiger partial charge in [0.25, 0.3) is 0 Å². The second-order valence-electron chi connectivity index (χ2n) is 2.48. The molecule has 0 bridgehead atoms. The molecule has 1 rings (SSSR count). The van der Waals surface area contributed by atoms with Gasteiger partial charge in [0.1, 0.15) is 0 Å². The number of rotatable bonds is 0. The third kappa shape index (κ3) is 2.24. The zero-order chi connectivity index (χ0) is 7.23. The molecule has 0 spiro atoms. The zero-order valence-corrected chi connectivity index (χ0v) is 6.41. The molecule has 1 aliphatic heterocycles. The summed E-state index contributed by atoms with van der Waals surface area (Å²) in [5.41, 5.74) is 1.44. The van der Waals surface area contributed by atoms with Gasteiger partial charge in [0.15, 0.2) is 0 Å². The summed E-state index contributed by atoms with van der Waals surface area (Å²) in [6.45, 7) is 4.07. The van der Waals surface area contributed by atoms with Crippen LogP contribution in [0.3, 0.4) is 0 Å². The summed E-state index contributed by atoms with van der Waals surface area (Å²) in [4.78, 5) is 0. The summed E-state index contributed by atoms with van der Waals surface area (Å²) in [5, 5.41) is 3.31. The lowest BCUT2D eigenvalue weighted by atomic mass is 10.1. The van der Waals surface area contributed by atoms with Crippen LogP contribution < -0.4 is 5.32 Å². The van der Waals surface area contributed by atoms with Crippen molar-refractivity contribution in [2.24, 2.45) is 0 Å². The topological polar surface area (TPSA) is 12.0 Å². The minimum Gasteiger partial charge on any atom is -0.313 e. The molecule has 0 atom stereocenters. The van der Waals surface area contributed by atoms with Crippen molar-refractivity contribution in [2.45, 2.75) is 19.8 Å². The van der Waals surface area contributed by atoms with Crippen molar-refractivity contribution < 1.29 is 0 Å². The van der Waals surface area contributed by atoms with Crippen molar-refractivity contribution in [2.75, 3.05) is 13.1 Å². The van der Waals surface area contributed by atoms with Crippen LogP contribution in [0.15, 0.2) is 11.6 Å². The van der Waals surface area contributed by atoms with Gasteiger partial charge in [0.2, 0.25) is 0 Å². The molecule has 1 N–H and O–H groups in total. The fourth-order valence-electron chi connectivity index (χ4n) is 1.08. The van der Waals surface area contributed by atoms with Crippen molar-refractivity contribution in [1.82, 2.24) is 5.32 Å². The van der Waals surface area contributed by atoms with Crippen molar-refractivity contribution in [3.8, 4) is 11.8 Å². The van der Waals surface area contributed by atoms with Crippen LogP contribution in [0.4, 0.5) is 0 Å². The van der Waals surface area contributed by atoms with E-state index >= 15 is 0 Å². The third-order valence-corrected chi connectivity index (χ3v) is 1.62. The summed E-state index contributed by atoms with van der Waals surface area (Å²) in [7, 11) is 0. The molecule has 0 saturated carbocycles. The molecule has 1 fully saturated rings. The third-order valence-electron chi connectivity index (χ3n) is 1.62. The Balaban J connectivity index is 2.42. The van der Waals surface area contributed by atoms with Crippen LogP contribution in [0.2, 0.25) is 0 Å². The largest absolute Gasteiger partial charge is 0.313 e. The average Bonchev–Trinajstić information content (AvgIpc) is 2.03. The SMILES string of the molecule is CC#C/C=C1/CCCNC1. The van der Waals surface area contributed by atoms with Gasteiger partial charge in [-0.15, -0.1) is 5.92 Å². The molecule has 1 saturated heterocycles. The highest BCUT2D eigenvalue weighted by Crippen LogP contribution is 2.06. The van der Waals surface area contributed by atoms with Gasteiger partial charge >= 0.3 is 0 Å². The predicted octanol–water partition coefficient (Wildman–Crippen LogP) is 1.32. The van der Waals surface area contributed by atoms with Crippen LogP contribution >= 0.6 is 0 Å². The number of piperidine rings is 1. The maximum atomic E-state index is 3.31. The highest BCUT2D eigenvalue weighted by molar-refractivity contribution is 5.22. The summed E-state index contributed by atoms with van der Waals surface area (Å²) in [6, 6.07) is 0. The molecule has 0 unspecified atom stereocenters. The zero-order valence-electron chi connectivity index (χ0n) is 6.41. The highest BCUT2D eigenvalue weighted by atomic mass is 14.9. The summed E-state index contributed by atoms with van der Waals surface area (Å²) in [5.74, 6) is 5.83. The van der Waals surface area contributed by atoms with Gasteiger partial charge in [-0.2, -0.15) is 0 Å². The van der Waals surface area contributed by atoms with E-state index in [0.717, 1.165) is 13.1 Å². The van der Waals surface area contributed by atoms with Crippen LogP contribution in [0.5, 0.6) is 0 Å². The fourth-order valence-corrected chi connectivity index (χ4v) is 1.08. The van der Waals surface area contributed by atoms with E-state index < -0.39 is 0 Å². The lowest BCUT2D eigenvalue weighted by molar-refractivity contribution is 0.610. The van der Waals surface area contributed by atoms with Crippen LogP contribution in [-0.2, 0) is 0 Å². The summed E-state index contributed by atoms with van der Waals surface area (Å²) in [6.07, 6.45) is 4.52. The van der Waals surface area contributed by atoms with Crippen LogP contribution in [0, 0.1) is 11.8 Å². The summed E-state index contributed by atoms with van der Waals surface area (Å²) >= 11 is 0. The molecule has 0 aliphatic carbocycles. The Hall–Kier alpha value is -0.740. The Morgan fingerprint density at radius 3 is 3.10 bits per heavy atom. The Labute approximate surface area is 62.5 Å². The molecule has 10 heavy (non-hydrogen) atoms. The van der Waals surface area contributed by atoms with Crippen molar-refractivity contribution in [1.29, 1.82) is 0 Å². The number of nitrogens with one attached hydrogen (secondary N) is 1. The van der Waals surface area contributed by atoms with Gasteiger partial charge in [0.05, 0.1) is 0 Å². The quantitative estimate of drug-likeness (QED) is 0.494. The van der Waals surface area contributed by atoms with Crippen LogP contribution in [0.1, 0.15) is 19.8 Å². The van der Waals surface area contributed by atoms with E-state index in [0.29, 0.717) is 0 Å². The second-order valence-corrected chi connectivity index (χ2v) is 2.48. The van der Waals surface area contributed by atoms with E-state index in [1.807, 2.05) is 13.0 Å². The monoisotopic (exact) mass is 135 g/mol. The molecule has 0 radical (unpaired) electrons. The molecule has 0 aromatic rings. The highest BCUT2D eigenvalue weighted by Gasteiger charge is 2.01. The van der Waals surface area contributed by atoms with E-state index in [2.05, 4.69) is 17.2 Å². The first-order valence-electron chi connectivity index (χ1n) is 3.74. The van der Waals surface area contributed by atoms with E-state index in [1.54, 1.807) is 0 Å². The first-order valence-corrected chi connectivity index (χ1v) is 3.74. The smallest absolute Gasteiger partial charge is 0.0174 e. The lowest BCUT2D eigenvalue weighted by Crippen LogP contribution is -2.23. The maximum Gasteiger partial charge on any atom is 0.0174 e. The van der Waals surface area contributed by atoms with Gasteiger partial charge in [-0.05, 0) is 38.0 Å². The normalized spacial score (nSPS) is 21.9. The Morgan fingerprint density at radius 1 is 1.60 bits per heavy atom. The molecule has 1 nitrogen and oxygen atoms in total. The molecule has 1 heterocycles. The number of hydrogen-bond donors (Lipinski definition) is 1. The molecule has 54 valence electrons. The van der Waals surface area contributed by atoms with E-state index in [1.165, 1.54) is 18.4 Å². The van der Waals surface area contributed by atoms with Gasteiger partial charge in [-0.25, -0.2) is 0 Å².